The van der Waals surface area contributed by atoms with E-state index in [4.69, 9.17) is 0 Å². The number of nitrogens with one attached hydrogen (secondary N) is 2. The summed E-state index contributed by atoms with van der Waals surface area (Å²) in [5.74, 6) is 0.416. The number of halogens is 1. The molecule has 0 fully saturated rings. The topological polar surface area (TPSA) is 57.8 Å². The van der Waals surface area contributed by atoms with Gasteiger partial charge in [0.25, 0.3) is 5.56 Å². The van der Waals surface area contributed by atoms with Crippen molar-refractivity contribution >= 4 is 27.6 Å². The predicted octanol–water partition coefficient (Wildman–Crippen LogP) is 3.94. The molecule has 1 heterocycles. The Labute approximate surface area is 130 Å². The van der Waals surface area contributed by atoms with Crippen LogP contribution in [0.15, 0.2) is 69.9 Å². The molecule has 0 amide bonds. The third kappa shape index (κ3) is 3.38. The number of anilines is 2. The lowest BCUT2D eigenvalue weighted by molar-refractivity contribution is 1.12. The van der Waals surface area contributed by atoms with Crippen molar-refractivity contribution in [2.45, 2.75) is 0 Å². The van der Waals surface area contributed by atoms with E-state index in [9.17, 15) is 4.79 Å². The average Bonchev–Trinajstić information content (AvgIpc) is 2.47. The fourth-order valence-corrected chi connectivity index (χ4v) is 2.38. The molecule has 3 rings (SSSR count). The lowest BCUT2D eigenvalue weighted by Gasteiger charge is -2.07. The highest BCUT2D eigenvalue weighted by Gasteiger charge is 2.04. The quantitative estimate of drug-likeness (QED) is 0.758. The number of hydrogen-bond acceptors (Lipinski definition) is 3. The van der Waals surface area contributed by atoms with Gasteiger partial charge in [0.15, 0.2) is 0 Å². The third-order valence-electron chi connectivity index (χ3n) is 2.90. The van der Waals surface area contributed by atoms with Crippen molar-refractivity contribution < 1.29 is 0 Å². The normalized spacial score (nSPS) is 10.3. The van der Waals surface area contributed by atoms with Gasteiger partial charge in [0.05, 0.1) is 5.69 Å². The van der Waals surface area contributed by atoms with Gasteiger partial charge in [-0.05, 0) is 18.2 Å². The second-order valence-corrected chi connectivity index (χ2v) is 5.40. The van der Waals surface area contributed by atoms with Crippen molar-refractivity contribution in [2.75, 3.05) is 5.32 Å². The lowest BCUT2D eigenvalue weighted by Crippen LogP contribution is -2.10. The monoisotopic (exact) mass is 341 g/mol. The molecule has 0 saturated carbocycles. The molecule has 0 bridgehead atoms. The largest absolute Gasteiger partial charge is 0.326 e. The van der Waals surface area contributed by atoms with E-state index in [0.29, 0.717) is 11.6 Å². The molecular weight excluding hydrogens is 330 g/mol. The predicted molar refractivity (Wildman–Crippen MR) is 87.7 cm³/mol. The Kier molecular flexibility index (Phi) is 3.83. The molecule has 3 aromatic rings. The molecule has 0 atom stereocenters. The highest BCUT2D eigenvalue weighted by atomic mass is 79.9. The zero-order chi connectivity index (χ0) is 14.7. The van der Waals surface area contributed by atoms with Gasteiger partial charge in [-0.15, -0.1) is 0 Å². The van der Waals surface area contributed by atoms with Crippen LogP contribution >= 0.6 is 15.9 Å². The van der Waals surface area contributed by atoms with Crippen LogP contribution in [-0.2, 0) is 0 Å². The van der Waals surface area contributed by atoms with Gasteiger partial charge in [0, 0.05) is 21.8 Å². The molecule has 2 N–H and O–H groups in total. The van der Waals surface area contributed by atoms with Gasteiger partial charge in [0.2, 0.25) is 5.95 Å². The standard InChI is InChI=1S/C16H12BrN3O/c17-12-7-4-8-13(9-12)18-16-19-14(10-15(21)20-16)11-5-2-1-3-6-11/h1-10H,(H2,18,19,20,21). The molecule has 2 aromatic carbocycles. The summed E-state index contributed by atoms with van der Waals surface area (Å²) in [4.78, 5) is 18.9. The van der Waals surface area contributed by atoms with Crippen molar-refractivity contribution in [1.29, 1.82) is 0 Å². The van der Waals surface area contributed by atoms with Gasteiger partial charge in [-0.2, -0.15) is 0 Å². The molecule has 0 unspecified atom stereocenters. The molecule has 21 heavy (non-hydrogen) atoms. The zero-order valence-electron chi connectivity index (χ0n) is 11.0. The van der Waals surface area contributed by atoms with Crippen LogP contribution < -0.4 is 10.9 Å². The SMILES string of the molecule is O=c1cc(-c2ccccc2)nc(Nc2cccc(Br)c2)[nH]1. The summed E-state index contributed by atoms with van der Waals surface area (Å²) >= 11 is 3.41. The minimum absolute atomic E-state index is 0.193. The summed E-state index contributed by atoms with van der Waals surface area (Å²) in [5, 5.41) is 3.10. The van der Waals surface area contributed by atoms with Crippen LogP contribution in [-0.4, -0.2) is 9.97 Å². The van der Waals surface area contributed by atoms with Gasteiger partial charge in [0.1, 0.15) is 0 Å². The Morgan fingerprint density at radius 2 is 1.81 bits per heavy atom. The van der Waals surface area contributed by atoms with Crippen molar-refractivity contribution in [3.8, 4) is 11.3 Å². The van der Waals surface area contributed by atoms with Crippen LogP contribution in [0, 0.1) is 0 Å². The second kappa shape index (κ2) is 5.93. The number of benzene rings is 2. The molecule has 0 aliphatic rings. The van der Waals surface area contributed by atoms with Crippen LogP contribution in [0.4, 0.5) is 11.6 Å². The first-order valence-electron chi connectivity index (χ1n) is 6.40. The maximum Gasteiger partial charge on any atom is 0.252 e. The lowest BCUT2D eigenvalue weighted by atomic mass is 10.1. The third-order valence-corrected chi connectivity index (χ3v) is 3.39. The van der Waals surface area contributed by atoms with Gasteiger partial charge in [-0.25, -0.2) is 4.98 Å². The van der Waals surface area contributed by atoms with E-state index in [1.807, 2.05) is 54.6 Å². The minimum atomic E-state index is -0.193. The fraction of sp³-hybridized carbons (Fsp3) is 0. The van der Waals surface area contributed by atoms with E-state index >= 15 is 0 Å². The van der Waals surface area contributed by atoms with Crippen LogP contribution in [0.3, 0.4) is 0 Å². The molecule has 0 radical (unpaired) electrons. The zero-order valence-corrected chi connectivity index (χ0v) is 12.6. The van der Waals surface area contributed by atoms with Crippen molar-refractivity contribution in [3.63, 3.8) is 0 Å². The first kappa shape index (κ1) is 13.6. The van der Waals surface area contributed by atoms with Crippen LogP contribution in [0.2, 0.25) is 0 Å². The van der Waals surface area contributed by atoms with Gasteiger partial charge in [-0.1, -0.05) is 52.3 Å². The second-order valence-electron chi connectivity index (χ2n) is 4.48. The molecule has 0 aliphatic carbocycles. The first-order valence-corrected chi connectivity index (χ1v) is 7.19. The van der Waals surface area contributed by atoms with Crippen molar-refractivity contribution in [2.24, 2.45) is 0 Å². The van der Waals surface area contributed by atoms with E-state index in [0.717, 1.165) is 15.7 Å². The smallest absolute Gasteiger partial charge is 0.252 e. The highest BCUT2D eigenvalue weighted by molar-refractivity contribution is 9.10. The Hall–Kier alpha value is -2.40. The molecule has 1 aromatic heterocycles. The number of rotatable bonds is 3. The van der Waals surface area contributed by atoms with Crippen molar-refractivity contribution in [1.82, 2.24) is 9.97 Å². The van der Waals surface area contributed by atoms with E-state index < -0.39 is 0 Å². The molecular formula is C16H12BrN3O. The summed E-state index contributed by atoms with van der Waals surface area (Å²) < 4.78 is 0.953. The molecule has 0 aliphatic heterocycles. The van der Waals surface area contributed by atoms with Crippen molar-refractivity contribution in [3.05, 3.63) is 75.5 Å². The molecule has 5 heteroatoms. The number of hydrogen-bond donors (Lipinski definition) is 2. The van der Waals surface area contributed by atoms with Gasteiger partial charge >= 0.3 is 0 Å². The summed E-state index contributed by atoms with van der Waals surface area (Å²) in [5.41, 5.74) is 2.19. The fourth-order valence-electron chi connectivity index (χ4n) is 1.98. The Morgan fingerprint density at radius 1 is 1.00 bits per heavy atom. The number of nitrogens with zero attached hydrogens (tertiary/aromatic N) is 1. The number of aromatic nitrogens is 2. The Morgan fingerprint density at radius 3 is 2.57 bits per heavy atom. The summed E-state index contributed by atoms with van der Waals surface area (Å²) in [6.45, 7) is 0. The maximum atomic E-state index is 11.8. The summed E-state index contributed by atoms with van der Waals surface area (Å²) in [6.07, 6.45) is 0. The van der Waals surface area contributed by atoms with Gasteiger partial charge < -0.3 is 5.32 Å². The Bertz CT molecular complexity index is 815. The Balaban J connectivity index is 1.97. The summed E-state index contributed by atoms with van der Waals surface area (Å²) in [7, 11) is 0. The highest BCUT2D eigenvalue weighted by Crippen LogP contribution is 2.20. The minimum Gasteiger partial charge on any atom is -0.326 e. The van der Waals surface area contributed by atoms with Crippen LogP contribution in [0.1, 0.15) is 0 Å². The molecule has 104 valence electrons. The van der Waals surface area contributed by atoms with E-state index in [-0.39, 0.29) is 5.56 Å². The molecule has 4 nitrogen and oxygen atoms in total. The van der Waals surface area contributed by atoms with Crippen LogP contribution in [0.5, 0.6) is 0 Å². The van der Waals surface area contributed by atoms with E-state index in [1.165, 1.54) is 6.07 Å². The summed E-state index contributed by atoms with van der Waals surface area (Å²) in [6, 6.07) is 18.7. The number of H-pyrrole nitrogens is 1. The maximum absolute atomic E-state index is 11.8. The van der Waals surface area contributed by atoms with Gasteiger partial charge in [-0.3, -0.25) is 9.78 Å². The first-order chi connectivity index (χ1) is 10.2. The van der Waals surface area contributed by atoms with Crippen LogP contribution in [0.25, 0.3) is 11.3 Å². The number of aromatic amines is 1. The van der Waals surface area contributed by atoms with E-state index in [2.05, 4.69) is 31.2 Å². The average molecular weight is 342 g/mol. The molecule has 0 saturated heterocycles. The molecule has 0 spiro atoms. The van der Waals surface area contributed by atoms with E-state index in [1.54, 1.807) is 0 Å².